The highest BCUT2D eigenvalue weighted by molar-refractivity contribution is 5.92. The molecule has 1 aromatic heterocycles. The van der Waals surface area contributed by atoms with Gasteiger partial charge in [0.2, 0.25) is 0 Å². The number of amides is 1. The SMILES string of the molecule is COc1ccc(CNC(=O)c2ccn[nH]2)c(OC)c1. The summed E-state index contributed by atoms with van der Waals surface area (Å²) in [6.07, 6.45) is 1.53. The number of benzene rings is 1. The van der Waals surface area contributed by atoms with Crippen molar-refractivity contribution in [3.63, 3.8) is 0 Å². The zero-order valence-corrected chi connectivity index (χ0v) is 10.8. The molecule has 0 atom stereocenters. The fraction of sp³-hybridized carbons (Fsp3) is 0.231. The predicted molar refractivity (Wildman–Crippen MR) is 69.3 cm³/mol. The van der Waals surface area contributed by atoms with E-state index in [-0.39, 0.29) is 5.91 Å². The first-order valence-electron chi connectivity index (χ1n) is 5.73. The predicted octanol–water partition coefficient (Wildman–Crippen LogP) is 1.36. The lowest BCUT2D eigenvalue weighted by atomic mass is 10.2. The average Bonchev–Trinajstić information content (AvgIpc) is 2.98. The number of aromatic amines is 1. The molecule has 19 heavy (non-hydrogen) atoms. The molecule has 6 nitrogen and oxygen atoms in total. The summed E-state index contributed by atoms with van der Waals surface area (Å²) in [5.41, 5.74) is 1.30. The van der Waals surface area contributed by atoms with Crippen LogP contribution in [-0.2, 0) is 6.54 Å². The van der Waals surface area contributed by atoms with E-state index in [2.05, 4.69) is 15.5 Å². The third-order valence-corrected chi connectivity index (χ3v) is 2.68. The molecule has 0 aliphatic carbocycles. The molecule has 2 N–H and O–H groups in total. The molecule has 0 fully saturated rings. The van der Waals surface area contributed by atoms with Crippen LogP contribution in [0, 0.1) is 0 Å². The first kappa shape index (κ1) is 12.9. The van der Waals surface area contributed by atoms with Crippen molar-refractivity contribution in [2.45, 2.75) is 6.54 Å². The maximum atomic E-state index is 11.8. The van der Waals surface area contributed by atoms with Crippen LogP contribution in [0.2, 0.25) is 0 Å². The highest BCUT2D eigenvalue weighted by Crippen LogP contribution is 2.24. The molecule has 0 aliphatic heterocycles. The molecule has 0 aliphatic rings. The van der Waals surface area contributed by atoms with Gasteiger partial charge in [-0.1, -0.05) is 0 Å². The molecule has 0 saturated carbocycles. The van der Waals surface area contributed by atoms with Crippen LogP contribution in [0.5, 0.6) is 11.5 Å². The lowest BCUT2D eigenvalue weighted by Crippen LogP contribution is -2.23. The van der Waals surface area contributed by atoms with Gasteiger partial charge in [0, 0.05) is 24.4 Å². The van der Waals surface area contributed by atoms with Crippen LogP contribution in [0.15, 0.2) is 30.5 Å². The molecule has 2 rings (SSSR count). The minimum atomic E-state index is -0.213. The summed E-state index contributed by atoms with van der Waals surface area (Å²) in [6, 6.07) is 7.06. The molecule has 0 bridgehead atoms. The van der Waals surface area contributed by atoms with E-state index in [1.165, 1.54) is 6.20 Å². The third-order valence-electron chi connectivity index (χ3n) is 2.68. The van der Waals surface area contributed by atoms with Crippen LogP contribution in [-0.4, -0.2) is 30.3 Å². The number of ether oxygens (including phenoxy) is 2. The number of aromatic nitrogens is 2. The van der Waals surface area contributed by atoms with Crippen LogP contribution in [0.3, 0.4) is 0 Å². The summed E-state index contributed by atoms with van der Waals surface area (Å²) in [7, 11) is 3.17. The van der Waals surface area contributed by atoms with Gasteiger partial charge in [0.05, 0.1) is 14.2 Å². The minimum Gasteiger partial charge on any atom is -0.497 e. The number of rotatable bonds is 5. The molecule has 6 heteroatoms. The summed E-state index contributed by atoms with van der Waals surface area (Å²) in [5.74, 6) is 1.17. The second-order valence-corrected chi connectivity index (χ2v) is 3.83. The lowest BCUT2D eigenvalue weighted by molar-refractivity contribution is 0.0945. The first-order valence-corrected chi connectivity index (χ1v) is 5.73. The van der Waals surface area contributed by atoms with E-state index in [0.717, 1.165) is 5.56 Å². The van der Waals surface area contributed by atoms with E-state index in [1.54, 1.807) is 26.4 Å². The Labute approximate surface area is 110 Å². The number of carbonyl (C=O) groups is 1. The zero-order valence-electron chi connectivity index (χ0n) is 10.8. The second kappa shape index (κ2) is 5.90. The Bertz CT molecular complexity index is 552. The van der Waals surface area contributed by atoms with Crippen LogP contribution >= 0.6 is 0 Å². The third kappa shape index (κ3) is 3.04. The van der Waals surface area contributed by atoms with E-state index in [4.69, 9.17) is 9.47 Å². The Kier molecular flexibility index (Phi) is 4.02. The maximum absolute atomic E-state index is 11.8. The number of carbonyl (C=O) groups excluding carboxylic acids is 1. The van der Waals surface area contributed by atoms with Gasteiger partial charge >= 0.3 is 0 Å². The zero-order chi connectivity index (χ0) is 13.7. The van der Waals surface area contributed by atoms with Crippen molar-refractivity contribution in [2.75, 3.05) is 14.2 Å². The number of H-pyrrole nitrogens is 1. The van der Waals surface area contributed by atoms with E-state index >= 15 is 0 Å². The van der Waals surface area contributed by atoms with Crippen molar-refractivity contribution in [2.24, 2.45) is 0 Å². The monoisotopic (exact) mass is 261 g/mol. The first-order chi connectivity index (χ1) is 9.24. The Morgan fingerprint density at radius 2 is 2.16 bits per heavy atom. The van der Waals surface area contributed by atoms with Crippen molar-refractivity contribution in [1.29, 1.82) is 0 Å². The van der Waals surface area contributed by atoms with Crippen molar-refractivity contribution < 1.29 is 14.3 Å². The molecule has 0 spiro atoms. The van der Waals surface area contributed by atoms with Gasteiger partial charge in [0.25, 0.3) is 5.91 Å². The van der Waals surface area contributed by atoms with E-state index in [9.17, 15) is 4.79 Å². The number of nitrogens with zero attached hydrogens (tertiary/aromatic N) is 1. The summed E-state index contributed by atoms with van der Waals surface area (Å²) >= 11 is 0. The molecule has 100 valence electrons. The molecule has 2 aromatic rings. The summed E-state index contributed by atoms with van der Waals surface area (Å²) in [6.45, 7) is 0.366. The summed E-state index contributed by atoms with van der Waals surface area (Å²) in [4.78, 5) is 11.8. The van der Waals surface area contributed by atoms with Crippen molar-refractivity contribution in [3.8, 4) is 11.5 Å². The van der Waals surface area contributed by atoms with Gasteiger partial charge in [0.1, 0.15) is 17.2 Å². The van der Waals surface area contributed by atoms with Gasteiger partial charge in [-0.05, 0) is 18.2 Å². The molecular formula is C13H15N3O3. The standard InChI is InChI=1S/C13H15N3O3/c1-18-10-4-3-9(12(7-10)19-2)8-14-13(17)11-5-6-15-16-11/h3-7H,8H2,1-2H3,(H,14,17)(H,15,16). The Morgan fingerprint density at radius 3 is 2.79 bits per heavy atom. The number of nitrogens with one attached hydrogen (secondary N) is 2. The fourth-order valence-electron chi connectivity index (χ4n) is 1.65. The molecule has 1 amide bonds. The normalized spacial score (nSPS) is 10.0. The van der Waals surface area contributed by atoms with Crippen LogP contribution in [0.25, 0.3) is 0 Å². The van der Waals surface area contributed by atoms with E-state index < -0.39 is 0 Å². The van der Waals surface area contributed by atoms with Gasteiger partial charge in [0.15, 0.2) is 0 Å². The molecule has 0 radical (unpaired) electrons. The number of hydrogen-bond acceptors (Lipinski definition) is 4. The quantitative estimate of drug-likeness (QED) is 0.852. The fourth-order valence-corrected chi connectivity index (χ4v) is 1.65. The maximum Gasteiger partial charge on any atom is 0.269 e. The topological polar surface area (TPSA) is 76.2 Å². The highest BCUT2D eigenvalue weighted by Gasteiger charge is 2.09. The van der Waals surface area contributed by atoms with E-state index in [0.29, 0.717) is 23.7 Å². The van der Waals surface area contributed by atoms with Crippen molar-refractivity contribution >= 4 is 5.91 Å². The second-order valence-electron chi connectivity index (χ2n) is 3.83. The Balaban J connectivity index is 2.05. The van der Waals surface area contributed by atoms with Crippen molar-refractivity contribution in [1.82, 2.24) is 15.5 Å². The molecular weight excluding hydrogens is 246 g/mol. The van der Waals surface area contributed by atoms with Gasteiger partial charge in [-0.3, -0.25) is 9.89 Å². The van der Waals surface area contributed by atoms with Gasteiger partial charge < -0.3 is 14.8 Å². The molecule has 1 heterocycles. The lowest BCUT2D eigenvalue weighted by Gasteiger charge is -2.10. The Hall–Kier alpha value is -2.50. The van der Waals surface area contributed by atoms with Gasteiger partial charge in [-0.2, -0.15) is 5.10 Å². The average molecular weight is 261 g/mol. The number of hydrogen-bond donors (Lipinski definition) is 2. The molecule has 0 saturated heterocycles. The van der Waals surface area contributed by atoms with Crippen LogP contribution in [0.1, 0.15) is 16.1 Å². The summed E-state index contributed by atoms with van der Waals surface area (Å²) in [5, 5.41) is 9.12. The highest BCUT2D eigenvalue weighted by atomic mass is 16.5. The van der Waals surface area contributed by atoms with Crippen LogP contribution < -0.4 is 14.8 Å². The summed E-state index contributed by atoms with van der Waals surface area (Å²) < 4.78 is 10.4. The minimum absolute atomic E-state index is 0.213. The molecule has 1 aromatic carbocycles. The smallest absolute Gasteiger partial charge is 0.269 e. The van der Waals surface area contributed by atoms with Crippen LogP contribution in [0.4, 0.5) is 0 Å². The van der Waals surface area contributed by atoms with Gasteiger partial charge in [-0.25, -0.2) is 0 Å². The largest absolute Gasteiger partial charge is 0.497 e. The molecule has 0 unspecified atom stereocenters. The van der Waals surface area contributed by atoms with E-state index in [1.807, 2.05) is 12.1 Å². The Morgan fingerprint density at radius 1 is 1.32 bits per heavy atom. The van der Waals surface area contributed by atoms with Gasteiger partial charge in [-0.15, -0.1) is 0 Å². The number of methoxy groups -OCH3 is 2. The van der Waals surface area contributed by atoms with Crippen molar-refractivity contribution in [3.05, 3.63) is 41.7 Å².